The molecule has 1 aromatic carbocycles. The fourth-order valence-electron chi connectivity index (χ4n) is 1.62. The van der Waals surface area contributed by atoms with Gasteiger partial charge in [-0.15, -0.1) is 0 Å². The lowest BCUT2D eigenvalue weighted by Gasteiger charge is -2.34. The van der Waals surface area contributed by atoms with Gasteiger partial charge < -0.3 is 5.32 Å². The second-order valence-corrected chi connectivity index (χ2v) is 6.45. The van der Waals surface area contributed by atoms with Crippen molar-refractivity contribution in [2.75, 3.05) is 5.32 Å². The number of anilines is 1. The minimum Gasteiger partial charge on any atom is -0.319 e. The van der Waals surface area contributed by atoms with Gasteiger partial charge in [-0.25, -0.2) is 0 Å². The number of alkyl halides is 11. The molecule has 17 heteroatoms. The lowest BCUT2D eigenvalue weighted by atomic mass is 10.1. The van der Waals surface area contributed by atoms with E-state index >= 15 is 0 Å². The number of nitrogens with one attached hydrogen (secondary N) is 1. The third kappa shape index (κ3) is 4.72. The summed E-state index contributed by atoms with van der Waals surface area (Å²) >= 11 is 8.11. The Balaban J connectivity index is 3.48. The highest BCUT2D eigenvalue weighted by Crippen LogP contribution is 2.51. The third-order valence-corrected chi connectivity index (χ3v) is 3.90. The van der Waals surface area contributed by atoms with Crippen LogP contribution in [0.1, 0.15) is 5.56 Å². The van der Waals surface area contributed by atoms with E-state index in [4.69, 9.17) is 16.9 Å². The van der Waals surface area contributed by atoms with Crippen LogP contribution in [0.4, 0.5) is 54.0 Å². The Kier molecular flexibility index (Phi) is 6.98. The monoisotopic (exact) mass is 542 g/mol. The molecule has 0 heterocycles. The minimum atomic E-state index is -7.32. The Bertz CT molecular complexity index is 882. The van der Waals surface area contributed by atoms with Crippen molar-refractivity contribution in [2.45, 2.75) is 30.2 Å². The highest BCUT2D eigenvalue weighted by Gasteiger charge is 2.79. The van der Waals surface area contributed by atoms with Crippen molar-refractivity contribution < 1.29 is 57.8 Å². The fraction of sp³-hybridized carbons (Fsp3) is 0.385. The van der Waals surface area contributed by atoms with Gasteiger partial charge in [0.15, 0.2) is 0 Å². The maximum absolute atomic E-state index is 14.2. The molecule has 168 valence electrons. The summed E-state index contributed by atoms with van der Waals surface area (Å²) in [7, 11) is 0. The molecule has 0 radical (unpaired) electrons. The Labute approximate surface area is 171 Å². The van der Waals surface area contributed by atoms with Crippen molar-refractivity contribution in [2.24, 2.45) is 0 Å². The second kappa shape index (κ2) is 8.00. The molecule has 0 spiro atoms. The number of nitriles is 1. The molecule has 0 aliphatic carbocycles. The van der Waals surface area contributed by atoms with E-state index in [-0.39, 0.29) is 5.02 Å². The topological polar surface area (TPSA) is 62.1 Å². The maximum Gasteiger partial charge on any atom is 0.462 e. The molecule has 30 heavy (non-hydrogen) atoms. The van der Waals surface area contributed by atoms with Crippen LogP contribution >= 0.6 is 27.5 Å². The molecule has 0 aromatic heterocycles. The maximum atomic E-state index is 14.2. The summed E-state index contributed by atoms with van der Waals surface area (Å²) in [6.45, 7) is 0. The van der Waals surface area contributed by atoms with Gasteiger partial charge in [0.2, 0.25) is 0 Å². The summed E-state index contributed by atoms with van der Waals surface area (Å²) in [6.07, 6.45) is -21.2. The SMILES string of the molecule is N#Cc1cc(Cl)cc(Br)c1NC(=O)C(F)(OC(F)(F)C(F)(F)C(F)(F)F)C(F)(F)F. The largest absolute Gasteiger partial charge is 0.462 e. The molecule has 1 amide bonds. The summed E-state index contributed by atoms with van der Waals surface area (Å²) in [4.78, 5) is 11.7. The number of rotatable bonds is 5. The summed E-state index contributed by atoms with van der Waals surface area (Å²) in [5, 5.41) is 9.58. The summed E-state index contributed by atoms with van der Waals surface area (Å²) in [5.74, 6) is -17.0. The molecule has 1 rings (SSSR count). The van der Waals surface area contributed by atoms with E-state index < -0.39 is 51.9 Å². The van der Waals surface area contributed by atoms with E-state index in [9.17, 15) is 53.1 Å². The quantitative estimate of drug-likeness (QED) is 0.467. The number of amides is 1. The van der Waals surface area contributed by atoms with Gasteiger partial charge in [-0.05, 0) is 28.1 Å². The Morgan fingerprint density at radius 3 is 1.90 bits per heavy atom. The number of benzene rings is 1. The van der Waals surface area contributed by atoms with Crippen molar-refractivity contribution in [3.05, 3.63) is 27.2 Å². The Hall–Kier alpha value is -1.86. The molecule has 0 bridgehead atoms. The third-order valence-electron chi connectivity index (χ3n) is 3.06. The van der Waals surface area contributed by atoms with Gasteiger partial charge in [-0.2, -0.15) is 53.6 Å². The summed E-state index contributed by atoms with van der Waals surface area (Å²) in [6, 6.07) is 2.82. The number of hydrogen-bond donors (Lipinski definition) is 1. The van der Waals surface area contributed by atoms with Crippen LogP contribution in [0.15, 0.2) is 16.6 Å². The molecule has 0 aliphatic rings. The van der Waals surface area contributed by atoms with Crippen LogP contribution < -0.4 is 5.32 Å². The predicted octanol–water partition coefficient (Wildman–Crippen LogP) is 5.95. The molecule has 1 N–H and O–H groups in total. The van der Waals surface area contributed by atoms with E-state index in [0.29, 0.717) is 6.07 Å². The van der Waals surface area contributed by atoms with Crippen LogP contribution in [0.25, 0.3) is 0 Å². The lowest BCUT2D eigenvalue weighted by molar-refractivity contribution is -0.472. The van der Waals surface area contributed by atoms with E-state index in [2.05, 4.69) is 20.7 Å². The average molecular weight is 544 g/mol. The van der Waals surface area contributed by atoms with Crippen LogP contribution in [-0.2, 0) is 9.53 Å². The molecule has 0 fully saturated rings. The zero-order chi connectivity index (χ0) is 23.9. The summed E-state index contributed by atoms with van der Waals surface area (Å²) in [5.41, 5.74) is -1.77. The van der Waals surface area contributed by atoms with E-state index in [1.807, 2.05) is 0 Å². The first-order valence-electron chi connectivity index (χ1n) is 6.70. The Morgan fingerprint density at radius 1 is 1.00 bits per heavy atom. The van der Waals surface area contributed by atoms with Gasteiger partial charge >= 0.3 is 30.2 Å². The van der Waals surface area contributed by atoms with E-state index in [0.717, 1.165) is 11.4 Å². The zero-order valence-electron chi connectivity index (χ0n) is 13.3. The molecule has 0 saturated carbocycles. The van der Waals surface area contributed by atoms with E-state index in [1.54, 1.807) is 0 Å². The van der Waals surface area contributed by atoms with Gasteiger partial charge in [0.05, 0.1) is 11.3 Å². The zero-order valence-corrected chi connectivity index (χ0v) is 15.7. The van der Waals surface area contributed by atoms with Crippen LogP contribution in [-0.4, -0.2) is 36.1 Å². The van der Waals surface area contributed by atoms with Crippen molar-refractivity contribution in [3.63, 3.8) is 0 Å². The minimum absolute atomic E-state index is 0.244. The van der Waals surface area contributed by atoms with Crippen LogP contribution in [0.5, 0.6) is 0 Å². The van der Waals surface area contributed by atoms with Gasteiger partial charge in [0.25, 0.3) is 5.91 Å². The molecule has 0 saturated heterocycles. The van der Waals surface area contributed by atoms with Crippen LogP contribution in [0.2, 0.25) is 5.02 Å². The van der Waals surface area contributed by atoms with Crippen molar-refractivity contribution in [1.82, 2.24) is 0 Å². The van der Waals surface area contributed by atoms with Crippen molar-refractivity contribution in [3.8, 4) is 6.07 Å². The smallest absolute Gasteiger partial charge is 0.319 e. The summed E-state index contributed by atoms with van der Waals surface area (Å²) < 4.78 is 143. The number of carbonyl (C=O) groups is 1. The first-order chi connectivity index (χ1) is 13.2. The Morgan fingerprint density at radius 2 is 1.50 bits per heavy atom. The molecular formula is C13H3BrClF11N2O2. The highest BCUT2D eigenvalue weighted by atomic mass is 79.9. The normalized spacial score (nSPS) is 15.3. The van der Waals surface area contributed by atoms with E-state index in [1.165, 1.54) is 6.07 Å². The van der Waals surface area contributed by atoms with Crippen LogP contribution in [0.3, 0.4) is 0 Å². The molecule has 0 aliphatic heterocycles. The molecule has 1 atom stereocenters. The standard InChI is InChI=1S/C13H3BrClF11N2O2/c14-6-2-5(15)1-4(3-27)7(6)28-8(29)9(16,11(19,20)21)30-13(25,26)10(17,18)12(22,23)24/h1-2H,(H,28,29). The van der Waals surface area contributed by atoms with Crippen molar-refractivity contribution >= 4 is 39.1 Å². The van der Waals surface area contributed by atoms with Gasteiger partial charge in [-0.1, -0.05) is 11.6 Å². The fourth-order valence-corrected chi connectivity index (χ4v) is 2.53. The predicted molar refractivity (Wildman–Crippen MR) is 79.4 cm³/mol. The number of halogens is 13. The number of hydrogen-bond acceptors (Lipinski definition) is 3. The number of carbonyl (C=O) groups excluding carboxylic acids is 1. The highest BCUT2D eigenvalue weighted by molar-refractivity contribution is 9.10. The second-order valence-electron chi connectivity index (χ2n) is 5.16. The molecule has 1 unspecified atom stereocenters. The first kappa shape index (κ1) is 26.2. The van der Waals surface area contributed by atoms with Gasteiger partial charge in [0.1, 0.15) is 6.07 Å². The first-order valence-corrected chi connectivity index (χ1v) is 7.87. The number of ether oxygens (including phenoxy) is 1. The molecule has 4 nitrogen and oxygen atoms in total. The van der Waals surface area contributed by atoms with Gasteiger partial charge in [-0.3, -0.25) is 9.53 Å². The van der Waals surface area contributed by atoms with Crippen LogP contribution in [0, 0.1) is 11.3 Å². The van der Waals surface area contributed by atoms with Gasteiger partial charge in [0, 0.05) is 9.50 Å². The number of nitrogens with zero attached hydrogens (tertiary/aromatic N) is 1. The molecular weight excluding hydrogens is 540 g/mol. The van der Waals surface area contributed by atoms with Crippen molar-refractivity contribution in [1.29, 1.82) is 5.26 Å². The lowest BCUT2D eigenvalue weighted by Crippen LogP contribution is -2.62. The average Bonchev–Trinajstić information content (AvgIpc) is 2.53. The molecule has 1 aromatic rings.